The predicted molar refractivity (Wildman–Crippen MR) is 98.6 cm³/mol. The summed E-state index contributed by atoms with van der Waals surface area (Å²) in [5, 5.41) is 2.91. The lowest BCUT2D eigenvalue weighted by atomic mass is 10.1. The molecular formula is C21H19NO3. The maximum absolute atomic E-state index is 12.6. The number of para-hydroxylation sites is 3. The van der Waals surface area contributed by atoms with Crippen LogP contribution >= 0.6 is 0 Å². The highest BCUT2D eigenvalue weighted by molar-refractivity contribution is 6.05. The highest BCUT2D eigenvalue weighted by atomic mass is 16.5. The number of hydrogen-bond acceptors (Lipinski definition) is 3. The topological polar surface area (TPSA) is 47.6 Å². The molecule has 0 saturated carbocycles. The van der Waals surface area contributed by atoms with E-state index in [1.807, 2.05) is 61.5 Å². The summed E-state index contributed by atoms with van der Waals surface area (Å²) in [6.07, 6.45) is 0. The summed E-state index contributed by atoms with van der Waals surface area (Å²) in [6.45, 7) is 1.90. The second-order valence-corrected chi connectivity index (χ2v) is 5.55. The Morgan fingerprint density at radius 3 is 2.32 bits per heavy atom. The number of methoxy groups -OCH3 is 1. The SMILES string of the molecule is COc1ccc(C(=O)Nc2ccccc2Oc2ccccc2)cc1C. The van der Waals surface area contributed by atoms with E-state index in [1.165, 1.54) is 0 Å². The third-order valence-electron chi connectivity index (χ3n) is 3.76. The Balaban J connectivity index is 1.81. The van der Waals surface area contributed by atoms with Crippen molar-refractivity contribution in [2.45, 2.75) is 6.92 Å². The van der Waals surface area contributed by atoms with Gasteiger partial charge >= 0.3 is 0 Å². The van der Waals surface area contributed by atoms with Crippen molar-refractivity contribution < 1.29 is 14.3 Å². The van der Waals surface area contributed by atoms with Crippen molar-refractivity contribution in [2.75, 3.05) is 12.4 Å². The lowest BCUT2D eigenvalue weighted by molar-refractivity contribution is 0.102. The van der Waals surface area contributed by atoms with E-state index in [0.29, 0.717) is 22.7 Å². The molecule has 0 aliphatic carbocycles. The molecule has 4 heteroatoms. The Morgan fingerprint density at radius 1 is 0.880 bits per heavy atom. The van der Waals surface area contributed by atoms with Gasteiger partial charge in [-0.15, -0.1) is 0 Å². The van der Waals surface area contributed by atoms with Crippen molar-refractivity contribution in [1.82, 2.24) is 0 Å². The van der Waals surface area contributed by atoms with Crippen LogP contribution in [0.5, 0.6) is 17.2 Å². The fourth-order valence-electron chi connectivity index (χ4n) is 2.49. The van der Waals surface area contributed by atoms with Gasteiger partial charge in [0.15, 0.2) is 5.75 Å². The van der Waals surface area contributed by atoms with E-state index >= 15 is 0 Å². The van der Waals surface area contributed by atoms with E-state index in [-0.39, 0.29) is 5.91 Å². The molecule has 4 nitrogen and oxygen atoms in total. The summed E-state index contributed by atoms with van der Waals surface area (Å²) >= 11 is 0. The van der Waals surface area contributed by atoms with Crippen LogP contribution < -0.4 is 14.8 Å². The number of benzene rings is 3. The number of hydrogen-bond donors (Lipinski definition) is 1. The number of rotatable bonds is 5. The Labute approximate surface area is 147 Å². The zero-order valence-electron chi connectivity index (χ0n) is 14.2. The van der Waals surface area contributed by atoms with E-state index in [2.05, 4.69) is 5.32 Å². The average Bonchev–Trinajstić information content (AvgIpc) is 2.64. The largest absolute Gasteiger partial charge is 0.496 e. The molecule has 126 valence electrons. The van der Waals surface area contributed by atoms with E-state index in [4.69, 9.17) is 9.47 Å². The molecule has 1 amide bonds. The number of amides is 1. The van der Waals surface area contributed by atoms with Gasteiger partial charge in [-0.2, -0.15) is 0 Å². The first-order chi connectivity index (χ1) is 12.2. The minimum atomic E-state index is -0.199. The standard InChI is InChI=1S/C21H19NO3/c1-15-14-16(12-13-19(15)24-2)21(23)22-18-10-6-7-11-20(18)25-17-8-4-3-5-9-17/h3-14H,1-2H3,(H,22,23). The first kappa shape index (κ1) is 16.6. The molecule has 3 aromatic carbocycles. The maximum Gasteiger partial charge on any atom is 0.255 e. The smallest absolute Gasteiger partial charge is 0.255 e. The van der Waals surface area contributed by atoms with Gasteiger partial charge in [0, 0.05) is 5.56 Å². The lowest BCUT2D eigenvalue weighted by Crippen LogP contribution is -2.12. The first-order valence-corrected chi connectivity index (χ1v) is 7.95. The van der Waals surface area contributed by atoms with Gasteiger partial charge in [-0.1, -0.05) is 30.3 Å². The molecule has 0 fully saturated rings. The molecule has 0 aliphatic rings. The molecule has 0 saturated heterocycles. The van der Waals surface area contributed by atoms with Crippen LogP contribution in [0.2, 0.25) is 0 Å². The minimum Gasteiger partial charge on any atom is -0.496 e. The van der Waals surface area contributed by atoms with Crippen LogP contribution in [0.1, 0.15) is 15.9 Å². The lowest BCUT2D eigenvalue weighted by Gasteiger charge is -2.13. The van der Waals surface area contributed by atoms with Gasteiger partial charge in [-0.05, 0) is 55.0 Å². The maximum atomic E-state index is 12.6. The van der Waals surface area contributed by atoms with Gasteiger partial charge in [-0.25, -0.2) is 0 Å². The van der Waals surface area contributed by atoms with Crippen LogP contribution in [-0.2, 0) is 0 Å². The monoisotopic (exact) mass is 333 g/mol. The Kier molecular flexibility index (Phi) is 5.00. The molecule has 25 heavy (non-hydrogen) atoms. The van der Waals surface area contributed by atoms with E-state index < -0.39 is 0 Å². The Morgan fingerprint density at radius 2 is 1.60 bits per heavy atom. The summed E-state index contributed by atoms with van der Waals surface area (Å²) in [6, 6.07) is 22.1. The summed E-state index contributed by atoms with van der Waals surface area (Å²) in [5.41, 5.74) is 2.08. The van der Waals surface area contributed by atoms with Crippen LogP contribution in [0, 0.1) is 6.92 Å². The van der Waals surface area contributed by atoms with E-state index in [9.17, 15) is 4.79 Å². The quantitative estimate of drug-likeness (QED) is 0.711. The van der Waals surface area contributed by atoms with Crippen molar-refractivity contribution in [1.29, 1.82) is 0 Å². The molecular weight excluding hydrogens is 314 g/mol. The van der Waals surface area contributed by atoms with Crippen LogP contribution in [0.15, 0.2) is 72.8 Å². The average molecular weight is 333 g/mol. The highest BCUT2D eigenvalue weighted by Gasteiger charge is 2.12. The molecule has 1 N–H and O–H groups in total. The molecule has 0 atom stereocenters. The summed E-state index contributed by atoms with van der Waals surface area (Å²) < 4.78 is 11.1. The molecule has 0 bridgehead atoms. The summed E-state index contributed by atoms with van der Waals surface area (Å²) in [7, 11) is 1.61. The van der Waals surface area contributed by atoms with Gasteiger partial charge in [0.1, 0.15) is 11.5 Å². The van der Waals surface area contributed by atoms with Gasteiger partial charge < -0.3 is 14.8 Å². The fourth-order valence-corrected chi connectivity index (χ4v) is 2.49. The summed E-state index contributed by atoms with van der Waals surface area (Å²) in [4.78, 5) is 12.6. The van der Waals surface area contributed by atoms with E-state index in [1.54, 1.807) is 25.3 Å². The fraction of sp³-hybridized carbons (Fsp3) is 0.0952. The van der Waals surface area contributed by atoms with Crippen LogP contribution in [0.25, 0.3) is 0 Å². The second-order valence-electron chi connectivity index (χ2n) is 5.55. The number of nitrogens with one attached hydrogen (secondary N) is 1. The van der Waals surface area contributed by atoms with Crippen molar-refractivity contribution >= 4 is 11.6 Å². The molecule has 0 heterocycles. The van der Waals surface area contributed by atoms with Gasteiger partial charge in [0.25, 0.3) is 5.91 Å². The van der Waals surface area contributed by atoms with Gasteiger partial charge in [0.05, 0.1) is 12.8 Å². The third-order valence-corrected chi connectivity index (χ3v) is 3.76. The molecule has 3 rings (SSSR count). The second kappa shape index (κ2) is 7.53. The number of ether oxygens (including phenoxy) is 2. The van der Waals surface area contributed by atoms with Crippen molar-refractivity contribution in [3.63, 3.8) is 0 Å². The zero-order valence-corrected chi connectivity index (χ0v) is 14.2. The van der Waals surface area contributed by atoms with Gasteiger partial charge in [0.2, 0.25) is 0 Å². The zero-order chi connectivity index (χ0) is 17.6. The third kappa shape index (κ3) is 3.98. The van der Waals surface area contributed by atoms with Gasteiger partial charge in [-0.3, -0.25) is 4.79 Å². The van der Waals surface area contributed by atoms with Crippen molar-refractivity contribution in [2.24, 2.45) is 0 Å². The van der Waals surface area contributed by atoms with Crippen LogP contribution in [-0.4, -0.2) is 13.0 Å². The summed E-state index contributed by atoms with van der Waals surface area (Å²) in [5.74, 6) is 1.86. The molecule has 0 aromatic heterocycles. The molecule has 3 aromatic rings. The van der Waals surface area contributed by atoms with Crippen LogP contribution in [0.4, 0.5) is 5.69 Å². The molecule has 0 aliphatic heterocycles. The normalized spacial score (nSPS) is 10.2. The minimum absolute atomic E-state index is 0.199. The number of anilines is 1. The first-order valence-electron chi connectivity index (χ1n) is 7.95. The molecule has 0 radical (unpaired) electrons. The van der Waals surface area contributed by atoms with Crippen molar-refractivity contribution in [3.05, 3.63) is 83.9 Å². The Bertz CT molecular complexity index is 875. The number of carbonyl (C=O) groups is 1. The Hall–Kier alpha value is -3.27. The molecule has 0 unspecified atom stereocenters. The van der Waals surface area contributed by atoms with E-state index in [0.717, 1.165) is 11.3 Å². The number of aryl methyl sites for hydroxylation is 1. The molecule has 0 spiro atoms. The van der Waals surface area contributed by atoms with Crippen LogP contribution in [0.3, 0.4) is 0 Å². The highest BCUT2D eigenvalue weighted by Crippen LogP contribution is 2.29. The predicted octanol–water partition coefficient (Wildman–Crippen LogP) is 5.05. The number of carbonyl (C=O) groups excluding carboxylic acids is 1. The van der Waals surface area contributed by atoms with Crippen molar-refractivity contribution in [3.8, 4) is 17.2 Å².